The monoisotopic (exact) mass is 359 g/mol. The second-order valence-corrected chi connectivity index (χ2v) is 6.49. The molecule has 0 fully saturated rings. The summed E-state index contributed by atoms with van der Waals surface area (Å²) < 4.78 is 12.6. The van der Waals surface area contributed by atoms with Crippen LogP contribution >= 0.6 is 11.3 Å². The van der Waals surface area contributed by atoms with Crippen molar-refractivity contribution < 1.29 is 9.47 Å². The Bertz CT molecular complexity index is 843. The van der Waals surface area contributed by atoms with E-state index in [4.69, 9.17) is 9.47 Å². The molecule has 0 bridgehead atoms. The minimum atomic E-state index is 0.652. The van der Waals surface area contributed by atoms with E-state index in [1.807, 2.05) is 54.0 Å². The number of hydrogen-bond acceptors (Lipinski definition) is 7. The molecule has 3 rings (SSSR count). The fourth-order valence-electron chi connectivity index (χ4n) is 2.37. The van der Waals surface area contributed by atoms with Crippen LogP contribution in [-0.2, 0) is 6.54 Å². The van der Waals surface area contributed by atoms with Gasteiger partial charge in [0, 0.05) is 37.7 Å². The van der Waals surface area contributed by atoms with Crippen LogP contribution in [0.2, 0.25) is 0 Å². The SMILES string of the molecule is COc1ccc(NCc2cccn2-c2nnc(N(C)C)s2)cc1OC. The molecule has 0 saturated heterocycles. The third-order valence-corrected chi connectivity index (χ3v) is 4.77. The molecule has 25 heavy (non-hydrogen) atoms. The number of nitrogens with zero attached hydrogens (tertiary/aromatic N) is 4. The van der Waals surface area contributed by atoms with Gasteiger partial charge in [0.05, 0.1) is 20.8 Å². The topological polar surface area (TPSA) is 64.4 Å². The normalized spacial score (nSPS) is 10.6. The molecule has 8 heteroatoms. The Kier molecular flexibility index (Phi) is 5.08. The van der Waals surface area contributed by atoms with Crippen molar-refractivity contribution in [1.82, 2.24) is 14.8 Å². The van der Waals surface area contributed by atoms with Crippen LogP contribution in [0, 0.1) is 0 Å². The second kappa shape index (κ2) is 7.43. The zero-order chi connectivity index (χ0) is 17.8. The zero-order valence-electron chi connectivity index (χ0n) is 14.7. The highest BCUT2D eigenvalue weighted by Crippen LogP contribution is 2.30. The molecule has 2 heterocycles. The Labute approximate surface area is 150 Å². The van der Waals surface area contributed by atoms with E-state index in [9.17, 15) is 0 Å². The molecule has 0 saturated carbocycles. The van der Waals surface area contributed by atoms with Crippen LogP contribution in [0.25, 0.3) is 5.13 Å². The Morgan fingerprint density at radius 1 is 1.12 bits per heavy atom. The van der Waals surface area contributed by atoms with Gasteiger partial charge >= 0.3 is 0 Å². The minimum Gasteiger partial charge on any atom is -0.493 e. The first-order valence-electron chi connectivity index (χ1n) is 7.75. The number of benzene rings is 1. The lowest BCUT2D eigenvalue weighted by atomic mass is 10.2. The summed E-state index contributed by atoms with van der Waals surface area (Å²) in [6, 6.07) is 9.83. The fraction of sp³-hybridized carbons (Fsp3) is 0.294. The summed E-state index contributed by atoms with van der Waals surface area (Å²) in [5.74, 6) is 1.41. The van der Waals surface area contributed by atoms with E-state index < -0.39 is 0 Å². The molecular formula is C17H21N5O2S. The highest BCUT2D eigenvalue weighted by Gasteiger charge is 2.11. The van der Waals surface area contributed by atoms with Crippen molar-refractivity contribution in [3.05, 3.63) is 42.2 Å². The van der Waals surface area contributed by atoms with Gasteiger partial charge in [-0.2, -0.15) is 0 Å². The maximum atomic E-state index is 5.34. The Balaban J connectivity index is 1.75. The Hall–Kier alpha value is -2.74. The third kappa shape index (κ3) is 3.69. The summed E-state index contributed by atoms with van der Waals surface area (Å²) in [4.78, 5) is 1.95. The second-order valence-electron chi connectivity index (χ2n) is 5.55. The van der Waals surface area contributed by atoms with Crippen LogP contribution in [0.1, 0.15) is 5.69 Å². The van der Waals surface area contributed by atoms with Gasteiger partial charge in [0.2, 0.25) is 10.3 Å². The van der Waals surface area contributed by atoms with E-state index >= 15 is 0 Å². The summed E-state index contributed by atoms with van der Waals surface area (Å²) >= 11 is 1.55. The van der Waals surface area contributed by atoms with Crippen molar-refractivity contribution in [2.45, 2.75) is 6.54 Å². The molecule has 0 aliphatic carbocycles. The van der Waals surface area contributed by atoms with E-state index in [0.29, 0.717) is 18.0 Å². The maximum Gasteiger partial charge on any atom is 0.218 e. The summed E-state index contributed by atoms with van der Waals surface area (Å²) in [5.41, 5.74) is 2.05. The lowest BCUT2D eigenvalue weighted by Gasteiger charge is -2.12. The van der Waals surface area contributed by atoms with Crippen LogP contribution < -0.4 is 19.7 Å². The van der Waals surface area contributed by atoms with Crippen molar-refractivity contribution >= 4 is 22.2 Å². The van der Waals surface area contributed by atoms with E-state index in [-0.39, 0.29) is 0 Å². The maximum absolute atomic E-state index is 5.34. The van der Waals surface area contributed by atoms with E-state index in [1.54, 1.807) is 25.6 Å². The highest BCUT2D eigenvalue weighted by atomic mass is 32.1. The standard InChI is InChI=1S/C17H21N5O2S/c1-21(2)16-19-20-17(25-16)22-9-5-6-13(22)11-18-12-7-8-14(23-3)15(10-12)24-4/h5-10,18H,11H2,1-4H3. The molecule has 0 atom stereocenters. The zero-order valence-corrected chi connectivity index (χ0v) is 15.5. The lowest BCUT2D eigenvalue weighted by Crippen LogP contribution is -2.07. The number of nitrogens with one attached hydrogen (secondary N) is 1. The number of anilines is 2. The molecule has 0 aliphatic rings. The van der Waals surface area contributed by atoms with Crippen LogP contribution in [-0.4, -0.2) is 43.1 Å². The molecule has 1 aromatic carbocycles. The molecule has 132 valence electrons. The number of rotatable bonds is 7. The van der Waals surface area contributed by atoms with Crippen LogP contribution in [0.5, 0.6) is 11.5 Å². The average molecular weight is 359 g/mol. The van der Waals surface area contributed by atoms with E-state index in [1.165, 1.54) is 0 Å². The quantitative estimate of drug-likeness (QED) is 0.700. The largest absolute Gasteiger partial charge is 0.493 e. The molecule has 2 aromatic heterocycles. The third-order valence-electron chi connectivity index (χ3n) is 3.68. The van der Waals surface area contributed by atoms with E-state index in [0.717, 1.165) is 21.6 Å². The Morgan fingerprint density at radius 3 is 2.60 bits per heavy atom. The highest BCUT2D eigenvalue weighted by molar-refractivity contribution is 7.17. The predicted octanol–water partition coefficient (Wildman–Crippen LogP) is 3.02. The number of ether oxygens (including phenoxy) is 2. The van der Waals surface area contributed by atoms with Gasteiger partial charge in [-0.3, -0.25) is 4.57 Å². The number of aromatic nitrogens is 3. The first-order valence-corrected chi connectivity index (χ1v) is 8.57. The summed E-state index contributed by atoms with van der Waals surface area (Å²) in [6.45, 7) is 0.652. The molecule has 0 amide bonds. The predicted molar refractivity (Wildman–Crippen MR) is 100 cm³/mol. The molecule has 1 N–H and O–H groups in total. The van der Waals surface area contributed by atoms with Gasteiger partial charge in [0.25, 0.3) is 0 Å². The lowest BCUT2D eigenvalue weighted by molar-refractivity contribution is 0.355. The fourth-order valence-corrected chi connectivity index (χ4v) is 3.16. The van der Waals surface area contributed by atoms with Crippen molar-refractivity contribution in [1.29, 1.82) is 0 Å². The number of hydrogen-bond donors (Lipinski definition) is 1. The molecule has 0 unspecified atom stereocenters. The van der Waals surface area contributed by atoms with Gasteiger partial charge < -0.3 is 19.7 Å². The van der Waals surface area contributed by atoms with Gasteiger partial charge in [-0.05, 0) is 24.3 Å². The van der Waals surface area contributed by atoms with Crippen molar-refractivity contribution in [2.24, 2.45) is 0 Å². The van der Waals surface area contributed by atoms with Gasteiger partial charge in [-0.1, -0.05) is 11.3 Å². The van der Waals surface area contributed by atoms with E-state index in [2.05, 4.69) is 21.6 Å². The summed E-state index contributed by atoms with van der Waals surface area (Å²) in [5, 5.41) is 13.6. The molecular weight excluding hydrogens is 338 g/mol. The van der Waals surface area contributed by atoms with Crippen LogP contribution in [0.15, 0.2) is 36.5 Å². The molecule has 0 spiro atoms. The first-order chi connectivity index (χ1) is 12.1. The molecule has 7 nitrogen and oxygen atoms in total. The summed E-state index contributed by atoms with van der Waals surface area (Å²) in [7, 11) is 7.17. The van der Waals surface area contributed by atoms with Crippen molar-refractivity contribution in [2.75, 3.05) is 38.5 Å². The minimum absolute atomic E-state index is 0.652. The van der Waals surface area contributed by atoms with Gasteiger partial charge in [0.1, 0.15) is 0 Å². The van der Waals surface area contributed by atoms with Gasteiger partial charge in [0.15, 0.2) is 11.5 Å². The Morgan fingerprint density at radius 2 is 1.92 bits per heavy atom. The average Bonchev–Trinajstić information content (AvgIpc) is 3.28. The van der Waals surface area contributed by atoms with Crippen molar-refractivity contribution in [3.63, 3.8) is 0 Å². The van der Waals surface area contributed by atoms with Crippen LogP contribution in [0.4, 0.5) is 10.8 Å². The van der Waals surface area contributed by atoms with Gasteiger partial charge in [-0.15, -0.1) is 10.2 Å². The number of methoxy groups -OCH3 is 2. The summed E-state index contributed by atoms with van der Waals surface area (Å²) in [6.07, 6.45) is 1.99. The molecule has 0 radical (unpaired) electrons. The smallest absolute Gasteiger partial charge is 0.218 e. The molecule has 0 aliphatic heterocycles. The first kappa shape index (κ1) is 17.1. The molecule has 3 aromatic rings. The van der Waals surface area contributed by atoms with Gasteiger partial charge in [-0.25, -0.2) is 0 Å². The van der Waals surface area contributed by atoms with Crippen LogP contribution in [0.3, 0.4) is 0 Å². The van der Waals surface area contributed by atoms with Crippen molar-refractivity contribution in [3.8, 4) is 16.6 Å².